The molecule has 1 atom stereocenters. The Labute approximate surface area is 147 Å². The lowest BCUT2D eigenvalue weighted by Crippen LogP contribution is -2.44. The van der Waals surface area contributed by atoms with E-state index in [1.54, 1.807) is 12.1 Å². The molecule has 0 aromatic heterocycles. The average Bonchev–Trinajstić information content (AvgIpc) is 2.48. The monoisotopic (exact) mass is 355 g/mol. The van der Waals surface area contributed by atoms with E-state index in [-0.39, 0.29) is 24.1 Å². The van der Waals surface area contributed by atoms with Gasteiger partial charge in [0.1, 0.15) is 0 Å². The predicted molar refractivity (Wildman–Crippen MR) is 91.6 cm³/mol. The van der Waals surface area contributed by atoms with E-state index in [1.165, 1.54) is 6.07 Å². The second-order valence-electron chi connectivity index (χ2n) is 6.87. The molecule has 0 radical (unpaired) electrons. The SMILES string of the molecule is C[C@@H](CN1CCCCc2cc(C(C)(F)F)ccc2C1)NC(=O)CNO. The Morgan fingerprint density at radius 2 is 2.12 bits per heavy atom. The summed E-state index contributed by atoms with van der Waals surface area (Å²) in [6, 6.07) is 4.88. The highest BCUT2D eigenvalue weighted by Gasteiger charge is 2.25. The molecular formula is C18H27F2N3O2. The third-order valence-electron chi connectivity index (χ3n) is 4.46. The van der Waals surface area contributed by atoms with Crippen molar-refractivity contribution in [1.82, 2.24) is 15.7 Å². The summed E-state index contributed by atoms with van der Waals surface area (Å²) in [6.45, 7) is 4.96. The van der Waals surface area contributed by atoms with Crippen molar-refractivity contribution in [3.05, 3.63) is 34.9 Å². The minimum absolute atomic E-state index is 0.0653. The van der Waals surface area contributed by atoms with Crippen molar-refractivity contribution >= 4 is 5.91 Å². The van der Waals surface area contributed by atoms with Gasteiger partial charge in [-0.3, -0.25) is 9.69 Å². The van der Waals surface area contributed by atoms with Gasteiger partial charge in [-0.2, -0.15) is 5.48 Å². The topological polar surface area (TPSA) is 64.6 Å². The summed E-state index contributed by atoms with van der Waals surface area (Å²) in [5, 5.41) is 11.4. The van der Waals surface area contributed by atoms with Gasteiger partial charge in [0.25, 0.3) is 5.92 Å². The molecule has 1 heterocycles. The third-order valence-corrected chi connectivity index (χ3v) is 4.46. The molecule has 5 nitrogen and oxygen atoms in total. The molecule has 1 aliphatic heterocycles. The van der Waals surface area contributed by atoms with E-state index in [0.29, 0.717) is 13.1 Å². The summed E-state index contributed by atoms with van der Waals surface area (Å²) in [7, 11) is 0. The number of aryl methyl sites for hydroxylation is 1. The molecule has 7 heteroatoms. The van der Waals surface area contributed by atoms with Crippen LogP contribution in [-0.2, 0) is 23.7 Å². The molecule has 0 bridgehead atoms. The zero-order chi connectivity index (χ0) is 18.4. The molecule has 1 aliphatic rings. The fraction of sp³-hybridized carbons (Fsp3) is 0.611. The van der Waals surface area contributed by atoms with Crippen molar-refractivity contribution in [2.45, 2.75) is 51.6 Å². The summed E-state index contributed by atoms with van der Waals surface area (Å²) < 4.78 is 27.1. The van der Waals surface area contributed by atoms with Crippen LogP contribution in [0.15, 0.2) is 18.2 Å². The Hall–Kier alpha value is -1.57. The molecule has 0 unspecified atom stereocenters. The molecule has 140 valence electrons. The van der Waals surface area contributed by atoms with Crippen molar-refractivity contribution in [1.29, 1.82) is 0 Å². The molecule has 0 fully saturated rings. The fourth-order valence-corrected chi connectivity index (χ4v) is 3.24. The number of fused-ring (bicyclic) bond motifs is 1. The highest BCUT2D eigenvalue weighted by molar-refractivity contribution is 5.78. The van der Waals surface area contributed by atoms with Gasteiger partial charge in [0.2, 0.25) is 5.91 Å². The third kappa shape index (κ3) is 6.02. The Morgan fingerprint density at radius 3 is 2.80 bits per heavy atom. The smallest absolute Gasteiger partial charge is 0.270 e. The largest absolute Gasteiger partial charge is 0.351 e. The molecule has 1 amide bonds. The van der Waals surface area contributed by atoms with E-state index in [1.807, 2.05) is 12.4 Å². The second kappa shape index (κ2) is 8.69. The van der Waals surface area contributed by atoms with E-state index in [0.717, 1.165) is 43.9 Å². The van der Waals surface area contributed by atoms with E-state index in [4.69, 9.17) is 5.21 Å². The van der Waals surface area contributed by atoms with Crippen LogP contribution in [0.25, 0.3) is 0 Å². The first-order valence-corrected chi connectivity index (χ1v) is 8.68. The van der Waals surface area contributed by atoms with Crippen molar-refractivity contribution in [3.8, 4) is 0 Å². The molecule has 0 saturated carbocycles. The molecule has 3 N–H and O–H groups in total. The summed E-state index contributed by atoms with van der Waals surface area (Å²) in [5.74, 6) is -3.09. The first-order valence-electron chi connectivity index (χ1n) is 8.68. The van der Waals surface area contributed by atoms with Gasteiger partial charge < -0.3 is 10.5 Å². The lowest BCUT2D eigenvalue weighted by atomic mass is 9.95. The van der Waals surface area contributed by atoms with Crippen LogP contribution in [0.5, 0.6) is 0 Å². The first-order chi connectivity index (χ1) is 11.8. The molecule has 0 saturated heterocycles. The van der Waals surface area contributed by atoms with Crippen molar-refractivity contribution in [3.63, 3.8) is 0 Å². The van der Waals surface area contributed by atoms with Crippen LogP contribution < -0.4 is 10.8 Å². The van der Waals surface area contributed by atoms with Gasteiger partial charge in [-0.05, 0) is 49.9 Å². The summed E-state index contributed by atoms with van der Waals surface area (Å²) in [5.41, 5.74) is 3.97. The standard InChI is InChI=1S/C18H27F2N3O2/c1-13(22-17(24)10-21-25)11-23-8-4-3-5-14-9-16(18(2,19)20)7-6-15(14)12-23/h6-7,9,13,21,25H,3-5,8,10-12H2,1-2H3,(H,22,24)/t13-/m0/s1. The Morgan fingerprint density at radius 1 is 1.36 bits per heavy atom. The van der Waals surface area contributed by atoms with Gasteiger partial charge in [-0.1, -0.05) is 12.1 Å². The molecule has 1 aromatic carbocycles. The van der Waals surface area contributed by atoms with E-state index < -0.39 is 5.92 Å². The number of rotatable bonds is 6. The average molecular weight is 355 g/mol. The quantitative estimate of drug-likeness (QED) is 0.686. The van der Waals surface area contributed by atoms with Gasteiger partial charge in [0, 0.05) is 31.6 Å². The van der Waals surface area contributed by atoms with Gasteiger partial charge in [-0.25, -0.2) is 8.78 Å². The summed E-state index contributed by atoms with van der Waals surface area (Å²) >= 11 is 0. The second-order valence-corrected chi connectivity index (χ2v) is 6.87. The number of hydrogen-bond acceptors (Lipinski definition) is 4. The molecule has 25 heavy (non-hydrogen) atoms. The summed E-state index contributed by atoms with van der Waals surface area (Å²) in [4.78, 5) is 13.8. The van der Waals surface area contributed by atoms with Crippen LogP contribution in [0.1, 0.15) is 43.4 Å². The van der Waals surface area contributed by atoms with Crippen LogP contribution >= 0.6 is 0 Å². The van der Waals surface area contributed by atoms with Crippen molar-refractivity contribution in [2.75, 3.05) is 19.6 Å². The number of nitrogens with one attached hydrogen (secondary N) is 2. The van der Waals surface area contributed by atoms with Gasteiger partial charge >= 0.3 is 0 Å². The van der Waals surface area contributed by atoms with E-state index in [9.17, 15) is 13.6 Å². The Bertz CT molecular complexity index is 590. The number of hydrogen-bond donors (Lipinski definition) is 3. The number of amides is 1. The lowest BCUT2D eigenvalue weighted by molar-refractivity contribution is -0.122. The maximum Gasteiger partial charge on any atom is 0.270 e. The molecular weight excluding hydrogens is 328 g/mol. The normalized spacial score (nSPS) is 17.3. The van der Waals surface area contributed by atoms with Crippen LogP contribution in [0, 0.1) is 0 Å². The molecule has 0 spiro atoms. The number of hydroxylamine groups is 1. The minimum Gasteiger partial charge on any atom is -0.351 e. The number of nitrogens with zero attached hydrogens (tertiary/aromatic N) is 1. The highest BCUT2D eigenvalue weighted by atomic mass is 19.3. The predicted octanol–water partition coefficient (Wildman–Crippen LogP) is 2.42. The molecule has 1 aromatic rings. The maximum atomic E-state index is 13.6. The summed E-state index contributed by atoms with van der Waals surface area (Å²) in [6.07, 6.45) is 2.77. The molecule has 2 rings (SSSR count). The molecule has 0 aliphatic carbocycles. The van der Waals surface area contributed by atoms with Crippen LogP contribution in [0.3, 0.4) is 0 Å². The zero-order valence-corrected chi connectivity index (χ0v) is 14.8. The van der Waals surface area contributed by atoms with E-state index >= 15 is 0 Å². The zero-order valence-electron chi connectivity index (χ0n) is 14.8. The Balaban J connectivity index is 2.05. The number of halogens is 2. The van der Waals surface area contributed by atoms with Gasteiger partial charge in [0.05, 0.1) is 6.54 Å². The van der Waals surface area contributed by atoms with Crippen molar-refractivity contribution in [2.24, 2.45) is 0 Å². The highest BCUT2D eigenvalue weighted by Crippen LogP contribution is 2.30. The Kier molecular flexibility index (Phi) is 6.87. The van der Waals surface area contributed by atoms with Crippen molar-refractivity contribution < 1.29 is 18.8 Å². The van der Waals surface area contributed by atoms with Gasteiger partial charge in [0.15, 0.2) is 0 Å². The first kappa shape index (κ1) is 19.8. The van der Waals surface area contributed by atoms with Crippen LogP contribution in [0.4, 0.5) is 8.78 Å². The minimum atomic E-state index is -2.82. The van der Waals surface area contributed by atoms with Crippen LogP contribution in [-0.4, -0.2) is 41.7 Å². The fourth-order valence-electron chi connectivity index (χ4n) is 3.24. The number of benzene rings is 1. The number of alkyl halides is 2. The van der Waals surface area contributed by atoms with E-state index in [2.05, 4.69) is 10.2 Å². The van der Waals surface area contributed by atoms with Crippen LogP contribution in [0.2, 0.25) is 0 Å². The number of carbonyl (C=O) groups is 1. The number of carbonyl (C=O) groups excluding carboxylic acids is 1. The van der Waals surface area contributed by atoms with Gasteiger partial charge in [-0.15, -0.1) is 0 Å². The lowest BCUT2D eigenvalue weighted by Gasteiger charge is -2.29. The maximum absolute atomic E-state index is 13.6.